The van der Waals surface area contributed by atoms with Crippen LogP contribution in [0.5, 0.6) is 0 Å². The Balaban J connectivity index is 1.85. The van der Waals surface area contributed by atoms with E-state index < -0.39 is 0 Å². The van der Waals surface area contributed by atoms with Gasteiger partial charge in [0.1, 0.15) is 0 Å². The van der Waals surface area contributed by atoms with Gasteiger partial charge >= 0.3 is 0 Å². The third kappa shape index (κ3) is 3.06. The molecule has 1 aliphatic rings. The Morgan fingerprint density at radius 2 is 2.31 bits per heavy atom. The normalized spacial score (nSPS) is 22.0. The highest BCUT2D eigenvalue weighted by molar-refractivity contribution is 6.31. The van der Waals surface area contributed by atoms with Gasteiger partial charge in [0.2, 0.25) is 0 Å². The van der Waals surface area contributed by atoms with Gasteiger partial charge in [0.05, 0.1) is 0 Å². The van der Waals surface area contributed by atoms with Gasteiger partial charge in [0, 0.05) is 25.5 Å². The predicted molar refractivity (Wildman–Crippen MR) is 65.8 cm³/mol. The van der Waals surface area contributed by atoms with Gasteiger partial charge in [-0.3, -0.25) is 0 Å². The second-order valence-electron chi connectivity index (χ2n) is 4.35. The molecule has 1 aromatic heterocycles. The molecule has 2 rings (SSSR count). The third-order valence-corrected chi connectivity index (χ3v) is 3.21. The van der Waals surface area contributed by atoms with Crippen LogP contribution in [0.15, 0.2) is 12.4 Å². The fraction of sp³-hybridized carbons (Fsp3) is 0.636. The van der Waals surface area contributed by atoms with Crippen LogP contribution in [-0.4, -0.2) is 41.5 Å². The van der Waals surface area contributed by atoms with Gasteiger partial charge < -0.3 is 10.2 Å². The second kappa shape index (κ2) is 5.46. The Hall–Kier alpha value is -0.870. The van der Waals surface area contributed by atoms with Crippen molar-refractivity contribution >= 4 is 17.4 Å². The molecule has 1 unspecified atom stereocenters. The number of aromatic nitrogens is 2. The van der Waals surface area contributed by atoms with Crippen molar-refractivity contribution in [1.82, 2.24) is 14.9 Å². The highest BCUT2D eigenvalue weighted by Crippen LogP contribution is 2.18. The topological polar surface area (TPSA) is 41.0 Å². The lowest BCUT2D eigenvalue weighted by atomic mass is 9.98. The summed E-state index contributed by atoms with van der Waals surface area (Å²) >= 11 is 5.92. The molecule has 1 aromatic rings. The van der Waals surface area contributed by atoms with Crippen LogP contribution in [0.3, 0.4) is 0 Å². The third-order valence-electron chi connectivity index (χ3n) is 2.93. The number of likely N-dealkylation sites (tertiary alicyclic amines) is 1. The van der Waals surface area contributed by atoms with Gasteiger partial charge in [-0.2, -0.15) is 0 Å². The predicted octanol–water partition coefficient (Wildman–Crippen LogP) is 1.88. The fourth-order valence-electron chi connectivity index (χ4n) is 2.12. The van der Waals surface area contributed by atoms with E-state index in [1.54, 1.807) is 12.4 Å². The number of hydrogen-bond acceptors (Lipinski definition) is 4. The summed E-state index contributed by atoms with van der Waals surface area (Å²) in [5.41, 5.74) is 0. The maximum Gasteiger partial charge on any atom is 0.171 e. The highest BCUT2D eigenvalue weighted by atomic mass is 35.5. The van der Waals surface area contributed by atoms with Crippen LogP contribution < -0.4 is 5.32 Å². The van der Waals surface area contributed by atoms with Crippen molar-refractivity contribution < 1.29 is 0 Å². The van der Waals surface area contributed by atoms with Crippen molar-refractivity contribution in [3.63, 3.8) is 0 Å². The zero-order chi connectivity index (χ0) is 11.4. The summed E-state index contributed by atoms with van der Waals surface area (Å²) in [6, 6.07) is 0. The Morgan fingerprint density at radius 1 is 1.50 bits per heavy atom. The van der Waals surface area contributed by atoms with Crippen molar-refractivity contribution in [2.45, 2.75) is 12.8 Å². The van der Waals surface area contributed by atoms with E-state index in [9.17, 15) is 0 Å². The first kappa shape index (κ1) is 11.6. The molecule has 0 amide bonds. The van der Waals surface area contributed by atoms with Crippen LogP contribution in [0.4, 0.5) is 5.82 Å². The summed E-state index contributed by atoms with van der Waals surface area (Å²) in [6.45, 7) is 3.27. The molecular weight excluding hydrogens is 224 g/mol. The average Bonchev–Trinajstić information content (AvgIpc) is 2.28. The molecule has 1 saturated heterocycles. The van der Waals surface area contributed by atoms with Crippen molar-refractivity contribution in [3.05, 3.63) is 17.5 Å². The van der Waals surface area contributed by atoms with E-state index in [2.05, 4.69) is 27.2 Å². The molecule has 1 fully saturated rings. The SMILES string of the molecule is CN1CCCC(CNc2nccnc2Cl)C1. The van der Waals surface area contributed by atoms with Crippen LogP contribution in [0.25, 0.3) is 0 Å². The van der Waals surface area contributed by atoms with Crippen molar-refractivity contribution in [1.29, 1.82) is 0 Å². The van der Waals surface area contributed by atoms with E-state index in [-0.39, 0.29) is 0 Å². The number of piperidine rings is 1. The van der Waals surface area contributed by atoms with Crippen molar-refractivity contribution in [2.24, 2.45) is 5.92 Å². The summed E-state index contributed by atoms with van der Waals surface area (Å²) in [7, 11) is 2.17. The first-order valence-electron chi connectivity index (χ1n) is 5.64. The van der Waals surface area contributed by atoms with Gasteiger partial charge in [-0.25, -0.2) is 9.97 Å². The van der Waals surface area contributed by atoms with E-state index in [1.807, 2.05) is 0 Å². The number of hydrogen-bond donors (Lipinski definition) is 1. The molecule has 16 heavy (non-hydrogen) atoms. The van der Waals surface area contributed by atoms with E-state index >= 15 is 0 Å². The Bertz CT molecular complexity index is 345. The minimum atomic E-state index is 0.451. The summed E-state index contributed by atoms with van der Waals surface area (Å²) in [5.74, 6) is 1.37. The Morgan fingerprint density at radius 3 is 3.06 bits per heavy atom. The summed E-state index contributed by atoms with van der Waals surface area (Å²) in [6.07, 6.45) is 5.80. The molecule has 4 nitrogen and oxygen atoms in total. The molecule has 88 valence electrons. The molecule has 1 N–H and O–H groups in total. The second-order valence-corrected chi connectivity index (χ2v) is 4.71. The molecular formula is C11H17ClN4. The summed E-state index contributed by atoms with van der Waals surface area (Å²) in [5, 5.41) is 3.72. The number of nitrogens with one attached hydrogen (secondary N) is 1. The zero-order valence-corrected chi connectivity index (χ0v) is 10.2. The van der Waals surface area contributed by atoms with E-state index in [0.29, 0.717) is 16.9 Å². The van der Waals surface area contributed by atoms with Crippen LogP contribution in [-0.2, 0) is 0 Å². The van der Waals surface area contributed by atoms with Gasteiger partial charge in [-0.05, 0) is 32.4 Å². The minimum absolute atomic E-state index is 0.451. The quantitative estimate of drug-likeness (QED) is 0.876. The molecule has 0 bridgehead atoms. The average molecular weight is 241 g/mol. The molecule has 1 aliphatic heterocycles. The van der Waals surface area contributed by atoms with E-state index in [0.717, 1.165) is 13.1 Å². The molecule has 0 radical (unpaired) electrons. The van der Waals surface area contributed by atoms with Crippen molar-refractivity contribution in [2.75, 3.05) is 32.0 Å². The first-order valence-corrected chi connectivity index (χ1v) is 6.02. The minimum Gasteiger partial charge on any atom is -0.367 e. The smallest absolute Gasteiger partial charge is 0.171 e. The Labute approximate surface area is 101 Å². The lowest BCUT2D eigenvalue weighted by Crippen LogP contribution is -2.35. The van der Waals surface area contributed by atoms with Crippen LogP contribution in [0.2, 0.25) is 5.15 Å². The molecule has 2 heterocycles. The monoisotopic (exact) mass is 240 g/mol. The molecule has 0 aliphatic carbocycles. The molecule has 1 atom stereocenters. The summed E-state index contributed by atoms with van der Waals surface area (Å²) in [4.78, 5) is 10.5. The molecule has 0 spiro atoms. The highest BCUT2D eigenvalue weighted by Gasteiger charge is 2.17. The van der Waals surface area contributed by atoms with Gasteiger partial charge in [-0.1, -0.05) is 11.6 Å². The maximum absolute atomic E-state index is 5.92. The standard InChI is InChI=1S/C11H17ClN4/c1-16-6-2-3-9(8-16)7-15-11-10(12)13-4-5-14-11/h4-5,9H,2-3,6-8H2,1H3,(H,14,15). The van der Waals surface area contributed by atoms with Crippen LogP contribution >= 0.6 is 11.6 Å². The lowest BCUT2D eigenvalue weighted by molar-refractivity contribution is 0.217. The number of nitrogens with zero attached hydrogens (tertiary/aromatic N) is 3. The molecule has 5 heteroatoms. The van der Waals surface area contributed by atoms with Crippen LogP contribution in [0, 0.1) is 5.92 Å². The lowest BCUT2D eigenvalue weighted by Gasteiger charge is -2.29. The fourth-order valence-corrected chi connectivity index (χ4v) is 2.29. The van der Waals surface area contributed by atoms with Gasteiger partial charge in [0.25, 0.3) is 0 Å². The van der Waals surface area contributed by atoms with Crippen LogP contribution in [0.1, 0.15) is 12.8 Å². The molecule has 0 aromatic carbocycles. The maximum atomic E-state index is 5.92. The van der Waals surface area contributed by atoms with E-state index in [4.69, 9.17) is 11.6 Å². The van der Waals surface area contributed by atoms with Crippen molar-refractivity contribution in [3.8, 4) is 0 Å². The number of anilines is 1. The molecule has 0 saturated carbocycles. The first-order chi connectivity index (χ1) is 7.75. The summed E-state index contributed by atoms with van der Waals surface area (Å²) < 4.78 is 0. The zero-order valence-electron chi connectivity index (χ0n) is 9.49. The Kier molecular flexibility index (Phi) is 3.96. The largest absolute Gasteiger partial charge is 0.367 e. The number of rotatable bonds is 3. The van der Waals surface area contributed by atoms with Gasteiger partial charge in [0.15, 0.2) is 11.0 Å². The number of halogens is 1. The van der Waals surface area contributed by atoms with Gasteiger partial charge in [-0.15, -0.1) is 0 Å². The van der Waals surface area contributed by atoms with E-state index in [1.165, 1.54) is 19.4 Å².